The van der Waals surface area contributed by atoms with Crippen molar-refractivity contribution in [3.63, 3.8) is 0 Å². The molecule has 1 unspecified atom stereocenters. The minimum Gasteiger partial charge on any atom is -0.308 e. The van der Waals surface area contributed by atoms with Crippen LogP contribution in [0.3, 0.4) is 0 Å². The molecule has 0 saturated heterocycles. The Morgan fingerprint density at radius 3 is 2.74 bits per heavy atom. The van der Waals surface area contributed by atoms with Crippen LogP contribution < -0.4 is 5.32 Å². The summed E-state index contributed by atoms with van der Waals surface area (Å²) in [7, 11) is 0. The molecule has 108 valence electrons. The summed E-state index contributed by atoms with van der Waals surface area (Å²) < 4.78 is 3.36. The Hall–Kier alpha value is -0.350. The summed E-state index contributed by atoms with van der Waals surface area (Å²) in [5, 5.41) is 8.30. The minimum absolute atomic E-state index is 0.464. The molecule has 4 heteroatoms. The monoisotopic (exact) mass is 327 g/mol. The van der Waals surface area contributed by atoms with E-state index in [1.165, 1.54) is 42.3 Å². The maximum atomic E-state index is 4.54. The molecule has 0 bridgehead atoms. The third-order valence-electron chi connectivity index (χ3n) is 4.05. The van der Waals surface area contributed by atoms with Crippen molar-refractivity contribution < 1.29 is 0 Å². The zero-order valence-electron chi connectivity index (χ0n) is 12.2. The highest BCUT2D eigenvalue weighted by Crippen LogP contribution is 2.38. The van der Waals surface area contributed by atoms with Gasteiger partial charge in [0, 0.05) is 6.54 Å². The second kappa shape index (κ2) is 7.44. The molecule has 0 aromatic carbocycles. The van der Waals surface area contributed by atoms with Crippen molar-refractivity contribution in [2.75, 3.05) is 6.54 Å². The smallest absolute Gasteiger partial charge is 0.0698 e. The average molecular weight is 328 g/mol. The van der Waals surface area contributed by atoms with Crippen molar-refractivity contribution >= 4 is 15.9 Å². The van der Waals surface area contributed by atoms with Crippen molar-refractivity contribution in [3.8, 4) is 0 Å². The van der Waals surface area contributed by atoms with Gasteiger partial charge in [-0.2, -0.15) is 5.10 Å². The molecule has 1 aliphatic carbocycles. The molecule has 1 fully saturated rings. The largest absolute Gasteiger partial charge is 0.308 e. The van der Waals surface area contributed by atoms with Crippen molar-refractivity contribution in [2.24, 2.45) is 5.92 Å². The van der Waals surface area contributed by atoms with E-state index in [1.54, 1.807) is 0 Å². The molecule has 1 N–H and O–H groups in total. The summed E-state index contributed by atoms with van der Waals surface area (Å²) in [4.78, 5) is 0. The first-order valence-corrected chi connectivity index (χ1v) is 8.51. The van der Waals surface area contributed by atoms with Crippen molar-refractivity contribution in [1.82, 2.24) is 15.1 Å². The quantitative estimate of drug-likeness (QED) is 0.809. The van der Waals surface area contributed by atoms with E-state index >= 15 is 0 Å². The SMILES string of the molecule is CCCNC(c1c(Br)cnn1CCC)C1CCCC1. The lowest BCUT2D eigenvalue weighted by Gasteiger charge is -2.26. The number of nitrogens with one attached hydrogen (secondary N) is 1. The molecular weight excluding hydrogens is 302 g/mol. The fourth-order valence-electron chi connectivity index (χ4n) is 3.15. The van der Waals surface area contributed by atoms with Gasteiger partial charge < -0.3 is 5.32 Å². The van der Waals surface area contributed by atoms with Gasteiger partial charge in [-0.25, -0.2) is 0 Å². The van der Waals surface area contributed by atoms with Crippen LogP contribution in [0.25, 0.3) is 0 Å². The fraction of sp³-hybridized carbons (Fsp3) is 0.800. The molecule has 0 radical (unpaired) electrons. The number of hydrogen-bond donors (Lipinski definition) is 1. The van der Waals surface area contributed by atoms with Crippen LogP contribution >= 0.6 is 15.9 Å². The van der Waals surface area contributed by atoms with Gasteiger partial charge in [0.15, 0.2) is 0 Å². The summed E-state index contributed by atoms with van der Waals surface area (Å²) in [6.45, 7) is 6.55. The Labute approximate surface area is 125 Å². The third kappa shape index (κ3) is 3.60. The molecule has 1 aliphatic rings. The van der Waals surface area contributed by atoms with E-state index in [4.69, 9.17) is 0 Å². The third-order valence-corrected chi connectivity index (χ3v) is 4.66. The first kappa shape index (κ1) is 15.0. The van der Waals surface area contributed by atoms with Crippen molar-refractivity contribution in [1.29, 1.82) is 0 Å². The molecule has 1 aromatic heterocycles. The molecule has 0 aliphatic heterocycles. The van der Waals surface area contributed by atoms with E-state index < -0.39 is 0 Å². The maximum absolute atomic E-state index is 4.54. The van der Waals surface area contributed by atoms with Gasteiger partial charge in [-0.3, -0.25) is 4.68 Å². The Bertz CT molecular complexity index is 383. The lowest BCUT2D eigenvalue weighted by molar-refractivity contribution is 0.343. The van der Waals surface area contributed by atoms with Crippen LogP contribution in [0.2, 0.25) is 0 Å². The number of rotatable bonds is 7. The number of nitrogens with zero attached hydrogens (tertiary/aromatic N) is 2. The Balaban J connectivity index is 2.22. The highest BCUT2D eigenvalue weighted by molar-refractivity contribution is 9.10. The van der Waals surface area contributed by atoms with Gasteiger partial charge in [-0.1, -0.05) is 26.7 Å². The predicted molar refractivity (Wildman–Crippen MR) is 83.2 cm³/mol. The van der Waals surface area contributed by atoms with Crippen LogP contribution in [0, 0.1) is 5.92 Å². The topological polar surface area (TPSA) is 29.9 Å². The normalized spacial score (nSPS) is 18.1. The molecule has 1 atom stereocenters. The van der Waals surface area contributed by atoms with Crippen LogP contribution in [0.1, 0.15) is 64.1 Å². The summed E-state index contributed by atoms with van der Waals surface area (Å²) in [6.07, 6.45) is 9.74. The number of hydrogen-bond acceptors (Lipinski definition) is 2. The summed E-state index contributed by atoms with van der Waals surface area (Å²) in [6, 6.07) is 0.464. The molecule has 0 amide bonds. The van der Waals surface area contributed by atoms with Gasteiger partial charge in [-0.15, -0.1) is 0 Å². The number of halogens is 1. The Kier molecular flexibility index (Phi) is 5.89. The van der Waals surface area contributed by atoms with E-state index in [1.807, 2.05) is 6.20 Å². The van der Waals surface area contributed by atoms with Gasteiger partial charge in [0.05, 0.1) is 22.4 Å². The van der Waals surface area contributed by atoms with Crippen LogP contribution in [-0.4, -0.2) is 16.3 Å². The Morgan fingerprint density at radius 1 is 1.37 bits per heavy atom. The number of aromatic nitrogens is 2. The predicted octanol–water partition coefficient (Wildman–Crippen LogP) is 4.29. The maximum Gasteiger partial charge on any atom is 0.0698 e. The van der Waals surface area contributed by atoms with Gasteiger partial charge in [0.25, 0.3) is 0 Å². The van der Waals surface area contributed by atoms with Crippen LogP contribution in [0.15, 0.2) is 10.7 Å². The lowest BCUT2D eigenvalue weighted by atomic mass is 9.95. The highest BCUT2D eigenvalue weighted by Gasteiger charge is 2.29. The molecule has 1 saturated carbocycles. The Morgan fingerprint density at radius 2 is 2.11 bits per heavy atom. The standard InChI is InChI=1S/C15H26BrN3/c1-3-9-17-14(12-7-5-6-8-12)15-13(16)11-18-19(15)10-4-2/h11-12,14,17H,3-10H2,1-2H3. The van der Waals surface area contributed by atoms with E-state index in [-0.39, 0.29) is 0 Å². The summed E-state index contributed by atoms with van der Waals surface area (Å²) >= 11 is 3.70. The summed E-state index contributed by atoms with van der Waals surface area (Å²) in [5.74, 6) is 0.773. The van der Waals surface area contributed by atoms with E-state index in [2.05, 4.69) is 44.9 Å². The molecule has 3 nitrogen and oxygen atoms in total. The molecule has 2 rings (SSSR count). The lowest BCUT2D eigenvalue weighted by Crippen LogP contribution is -2.30. The first-order valence-electron chi connectivity index (χ1n) is 7.72. The average Bonchev–Trinajstić information content (AvgIpc) is 3.03. The zero-order valence-corrected chi connectivity index (χ0v) is 13.7. The van der Waals surface area contributed by atoms with Gasteiger partial charge in [-0.05, 0) is 54.1 Å². The van der Waals surface area contributed by atoms with Crippen molar-refractivity contribution in [2.45, 2.75) is 65.0 Å². The van der Waals surface area contributed by atoms with Gasteiger partial charge in [0.1, 0.15) is 0 Å². The number of aryl methyl sites for hydroxylation is 1. The van der Waals surface area contributed by atoms with Crippen LogP contribution in [0.5, 0.6) is 0 Å². The van der Waals surface area contributed by atoms with Gasteiger partial charge in [0.2, 0.25) is 0 Å². The van der Waals surface area contributed by atoms with E-state index in [9.17, 15) is 0 Å². The van der Waals surface area contributed by atoms with Gasteiger partial charge >= 0.3 is 0 Å². The highest BCUT2D eigenvalue weighted by atomic mass is 79.9. The van der Waals surface area contributed by atoms with E-state index in [0.717, 1.165) is 25.4 Å². The second-order valence-electron chi connectivity index (χ2n) is 5.58. The molecular formula is C15H26BrN3. The van der Waals surface area contributed by atoms with Crippen LogP contribution in [-0.2, 0) is 6.54 Å². The molecule has 1 aromatic rings. The first-order chi connectivity index (χ1) is 9.27. The molecule has 1 heterocycles. The summed E-state index contributed by atoms with van der Waals surface area (Å²) in [5.41, 5.74) is 1.36. The zero-order chi connectivity index (χ0) is 13.7. The molecule has 19 heavy (non-hydrogen) atoms. The second-order valence-corrected chi connectivity index (χ2v) is 6.43. The van der Waals surface area contributed by atoms with Crippen molar-refractivity contribution in [3.05, 3.63) is 16.4 Å². The van der Waals surface area contributed by atoms with E-state index in [0.29, 0.717) is 6.04 Å². The molecule has 0 spiro atoms. The minimum atomic E-state index is 0.464. The fourth-order valence-corrected chi connectivity index (χ4v) is 3.69. The van der Waals surface area contributed by atoms with Crippen LogP contribution in [0.4, 0.5) is 0 Å².